The van der Waals surface area contributed by atoms with Crippen LogP contribution >= 0.6 is 11.3 Å². The van der Waals surface area contributed by atoms with Crippen LogP contribution in [0.15, 0.2) is 79.0 Å². The summed E-state index contributed by atoms with van der Waals surface area (Å²) in [6, 6.07) is 19.3. The number of carbonyl (C=O) groups excluding carboxylic acids is 1. The second kappa shape index (κ2) is 21.3. The molecule has 1 amide bonds. The molecule has 0 saturated heterocycles. The van der Waals surface area contributed by atoms with Crippen LogP contribution in [0.1, 0.15) is 68.5 Å². The number of rotatable bonds is 9. The standard InChI is InChI=1S/C16H17BN2S.C11H14N2O.C8H10FN.C2H6/c1-2-3-13-6-9-19-14-10-15(20-16(13)14)12-4-7-17(11-18)8-5-12;1-2-6-11(13-12-9-14)10-7-4-3-5-8-10;1-6-3-4-7(10-2)5-8(6)9;1-2/h4,6,9-10H,2-3,5,7-8H2,1H3;3-9,13H,2H2,1H3,(H,12,14);3-5,10H,1-2H3;1-2H3/b;11-6+;;. The van der Waals surface area contributed by atoms with Gasteiger partial charge in [0.15, 0.2) is 0 Å². The summed E-state index contributed by atoms with van der Waals surface area (Å²) in [5.74, 6) is 2.21. The van der Waals surface area contributed by atoms with Gasteiger partial charge in [-0.05, 0) is 79.0 Å². The number of pyridine rings is 1. The van der Waals surface area contributed by atoms with Crippen molar-refractivity contribution in [3.63, 3.8) is 0 Å². The van der Waals surface area contributed by atoms with Crippen LogP contribution in [0.3, 0.4) is 0 Å². The number of nitrogens with one attached hydrogen (secondary N) is 3. The Balaban J connectivity index is 0.000000248. The van der Waals surface area contributed by atoms with E-state index in [1.807, 2.05) is 80.8 Å². The number of carbonyl (C=O) groups is 1. The lowest BCUT2D eigenvalue weighted by molar-refractivity contribution is -0.110. The van der Waals surface area contributed by atoms with Gasteiger partial charge in [-0.2, -0.15) is 0 Å². The molecule has 0 spiro atoms. The Kier molecular flexibility index (Phi) is 17.5. The molecule has 46 heavy (non-hydrogen) atoms. The summed E-state index contributed by atoms with van der Waals surface area (Å²) in [6.45, 7) is 10.2. The first-order valence-corrected chi connectivity index (χ1v) is 16.9. The summed E-state index contributed by atoms with van der Waals surface area (Å²) in [6.07, 6.45) is 12.9. The number of amides is 1. The molecule has 0 aliphatic carbocycles. The number of halogens is 1. The van der Waals surface area contributed by atoms with E-state index in [-0.39, 0.29) is 12.5 Å². The Hall–Kier alpha value is -4.42. The second-order valence-electron chi connectivity index (χ2n) is 10.4. The van der Waals surface area contributed by atoms with E-state index in [1.165, 1.54) is 33.2 Å². The Bertz CT molecular complexity index is 1600. The van der Waals surface area contributed by atoms with E-state index >= 15 is 0 Å². The van der Waals surface area contributed by atoms with E-state index in [9.17, 15) is 9.18 Å². The first kappa shape index (κ1) is 37.8. The molecular weight excluding hydrogens is 592 g/mol. The average molecular weight is 640 g/mol. The highest BCUT2D eigenvalue weighted by Gasteiger charge is 2.20. The van der Waals surface area contributed by atoms with Crippen molar-refractivity contribution >= 4 is 51.6 Å². The monoisotopic (exact) mass is 639 g/mol. The third kappa shape index (κ3) is 11.8. The van der Waals surface area contributed by atoms with Crippen molar-refractivity contribution in [2.45, 2.75) is 72.9 Å². The molecule has 0 radical (unpaired) electrons. The maximum Gasteiger partial charge on any atom is 0.271 e. The number of anilines is 1. The van der Waals surface area contributed by atoms with Crippen molar-refractivity contribution in [1.29, 1.82) is 5.26 Å². The van der Waals surface area contributed by atoms with Crippen molar-refractivity contribution in [2.24, 2.45) is 0 Å². The topological polar surface area (TPSA) is 89.8 Å². The van der Waals surface area contributed by atoms with Gasteiger partial charge in [0.25, 0.3) is 6.71 Å². The van der Waals surface area contributed by atoms with E-state index < -0.39 is 0 Å². The molecule has 9 heteroatoms. The summed E-state index contributed by atoms with van der Waals surface area (Å²) < 4.78 is 14.1. The minimum atomic E-state index is -0.160. The van der Waals surface area contributed by atoms with Crippen LogP contribution in [0.2, 0.25) is 12.6 Å². The highest BCUT2D eigenvalue weighted by Crippen LogP contribution is 2.36. The number of hydrogen-bond donors (Lipinski definition) is 3. The van der Waals surface area contributed by atoms with Gasteiger partial charge in [0.05, 0.1) is 15.9 Å². The molecule has 2 aromatic carbocycles. The molecule has 2 aromatic heterocycles. The maximum absolute atomic E-state index is 12.7. The third-order valence-corrected chi connectivity index (χ3v) is 8.42. The number of nitrogens with zero attached hydrogens (tertiary/aromatic N) is 2. The maximum atomic E-state index is 12.7. The molecular formula is C37H47BFN5OS. The summed E-state index contributed by atoms with van der Waals surface area (Å²) in [4.78, 5) is 16.0. The Morgan fingerprint density at radius 1 is 1.13 bits per heavy atom. The van der Waals surface area contributed by atoms with Gasteiger partial charge in [-0.1, -0.05) is 89.0 Å². The Morgan fingerprint density at radius 3 is 2.48 bits per heavy atom. The number of benzene rings is 2. The minimum absolute atomic E-state index is 0.160. The fraction of sp³-hybridized carbons (Fsp3) is 0.324. The van der Waals surface area contributed by atoms with Gasteiger partial charge in [0.1, 0.15) is 5.82 Å². The Labute approximate surface area is 278 Å². The van der Waals surface area contributed by atoms with E-state index in [2.05, 4.69) is 52.3 Å². The molecule has 3 N–H and O–H groups in total. The molecule has 0 fully saturated rings. The molecule has 1 aliphatic heterocycles. The number of hydrazine groups is 1. The van der Waals surface area contributed by atoms with Crippen LogP contribution in [0.4, 0.5) is 10.1 Å². The molecule has 0 atom stereocenters. The predicted molar refractivity (Wildman–Crippen MR) is 196 cm³/mol. The first-order chi connectivity index (χ1) is 22.4. The molecule has 0 saturated carbocycles. The van der Waals surface area contributed by atoms with Crippen molar-refractivity contribution in [1.82, 2.24) is 15.8 Å². The number of fused-ring (bicyclic) bond motifs is 1. The summed E-state index contributed by atoms with van der Waals surface area (Å²) in [5.41, 5.74) is 12.7. The highest BCUT2D eigenvalue weighted by atomic mass is 32.1. The van der Waals surface area contributed by atoms with Crippen molar-refractivity contribution in [3.05, 3.63) is 106 Å². The number of hydrogen-bond acceptors (Lipinski definition) is 6. The fourth-order valence-electron chi connectivity index (χ4n) is 4.71. The molecule has 4 aromatic rings. The van der Waals surface area contributed by atoms with Gasteiger partial charge in [0, 0.05) is 29.8 Å². The predicted octanol–water partition coefficient (Wildman–Crippen LogP) is 9.48. The van der Waals surface area contributed by atoms with Gasteiger partial charge in [-0.15, -0.1) is 11.3 Å². The van der Waals surface area contributed by atoms with Gasteiger partial charge in [0.2, 0.25) is 6.41 Å². The number of allylic oxidation sites excluding steroid dienone is 3. The first-order valence-electron chi connectivity index (χ1n) is 16.0. The van der Waals surface area contributed by atoms with Crippen LogP contribution in [-0.2, 0) is 11.2 Å². The van der Waals surface area contributed by atoms with Gasteiger partial charge < -0.3 is 5.32 Å². The van der Waals surface area contributed by atoms with Crippen LogP contribution in [0, 0.1) is 24.0 Å². The van der Waals surface area contributed by atoms with Crippen molar-refractivity contribution < 1.29 is 9.18 Å². The zero-order valence-electron chi connectivity index (χ0n) is 28.0. The quantitative estimate of drug-likeness (QED) is 0.0965. The van der Waals surface area contributed by atoms with Crippen molar-refractivity contribution in [3.8, 4) is 5.97 Å². The third-order valence-electron chi connectivity index (χ3n) is 7.14. The van der Waals surface area contributed by atoms with E-state index in [0.717, 1.165) is 54.4 Å². The average Bonchev–Trinajstić information content (AvgIpc) is 3.55. The fourth-order valence-corrected chi connectivity index (χ4v) is 5.93. The number of aryl methyl sites for hydroxylation is 2. The molecule has 5 rings (SSSR count). The normalized spacial score (nSPS) is 12.1. The summed E-state index contributed by atoms with van der Waals surface area (Å²) >= 11 is 1.87. The molecule has 242 valence electrons. The summed E-state index contributed by atoms with van der Waals surface area (Å²) in [7, 11) is 1.77. The number of aromatic nitrogens is 1. The highest BCUT2D eigenvalue weighted by molar-refractivity contribution is 7.20. The van der Waals surface area contributed by atoms with E-state index in [1.54, 1.807) is 20.0 Å². The molecule has 0 unspecified atom stereocenters. The lowest BCUT2D eigenvalue weighted by Crippen LogP contribution is -2.28. The molecule has 0 bridgehead atoms. The smallest absolute Gasteiger partial charge is 0.271 e. The minimum Gasteiger partial charge on any atom is -0.388 e. The van der Waals surface area contributed by atoms with Crippen molar-refractivity contribution in [2.75, 3.05) is 12.4 Å². The van der Waals surface area contributed by atoms with Gasteiger partial charge >= 0.3 is 0 Å². The molecule has 6 nitrogen and oxygen atoms in total. The molecule has 3 heterocycles. The SMILES string of the molecule is CC.CC/C=C(/NNC=O)c1ccccc1.CCCc1ccnc2cc(C3=CCB(C#N)CC3)sc12.CNc1ccc(C)c(F)c1. The van der Waals surface area contributed by atoms with E-state index in [0.29, 0.717) is 12.0 Å². The number of thiophene rings is 1. The molecule has 1 aliphatic rings. The van der Waals surface area contributed by atoms with Gasteiger partial charge in [-0.25, -0.2) is 9.65 Å². The van der Waals surface area contributed by atoms with Crippen LogP contribution in [-0.4, -0.2) is 25.2 Å². The van der Waals surface area contributed by atoms with Gasteiger partial charge in [-0.3, -0.25) is 20.6 Å². The number of nitriles is 1. The summed E-state index contributed by atoms with van der Waals surface area (Å²) in [5, 5.41) is 11.8. The Morgan fingerprint density at radius 2 is 1.89 bits per heavy atom. The van der Waals surface area contributed by atoms with E-state index in [4.69, 9.17) is 5.26 Å². The zero-order valence-corrected chi connectivity index (χ0v) is 28.8. The lowest BCUT2D eigenvalue weighted by Gasteiger charge is -2.12. The van der Waals surface area contributed by atoms with Crippen LogP contribution in [0.5, 0.6) is 0 Å². The van der Waals surface area contributed by atoms with Crippen LogP contribution < -0.4 is 16.2 Å². The second-order valence-corrected chi connectivity index (χ2v) is 11.4. The van der Waals surface area contributed by atoms with Crippen LogP contribution in [0.25, 0.3) is 21.5 Å². The largest absolute Gasteiger partial charge is 0.388 e. The lowest BCUT2D eigenvalue weighted by atomic mass is 9.44. The zero-order chi connectivity index (χ0) is 33.7.